The smallest absolute Gasteiger partial charge is 0.406 e. The molecule has 92 valence electrons. The molecule has 1 aromatic rings. The summed E-state index contributed by atoms with van der Waals surface area (Å²) < 4.78 is 5.31. The number of benzene rings is 1. The highest BCUT2D eigenvalue weighted by molar-refractivity contribution is 9.10. The van der Waals surface area contributed by atoms with Crippen LogP contribution >= 0.6 is 15.9 Å². The Bertz CT molecular complexity index is 392. The predicted octanol–water partition coefficient (Wildman–Crippen LogP) is 1.53. The number of rotatable bonds is 4. The molecule has 2 N–H and O–H groups in total. The normalized spacial score (nSPS) is 9.53. The van der Waals surface area contributed by atoms with Crippen LogP contribution in [0.25, 0.3) is 0 Å². The van der Waals surface area contributed by atoms with Crippen LogP contribution in [0.2, 0.25) is 0 Å². The van der Waals surface area contributed by atoms with Crippen LogP contribution in [-0.4, -0.2) is 32.2 Å². The largest absolute Gasteiger partial charge is 0.453 e. The van der Waals surface area contributed by atoms with Crippen LogP contribution < -0.4 is 10.6 Å². The highest BCUT2D eigenvalue weighted by Crippen LogP contribution is 2.10. The van der Waals surface area contributed by atoms with E-state index in [1.54, 1.807) is 24.3 Å². The first-order valence-electron chi connectivity index (χ1n) is 4.99. The predicted molar refractivity (Wildman–Crippen MR) is 66.9 cm³/mol. The Hall–Kier alpha value is -1.56. The van der Waals surface area contributed by atoms with Crippen LogP contribution in [0.1, 0.15) is 10.4 Å². The van der Waals surface area contributed by atoms with Gasteiger partial charge in [-0.25, -0.2) is 4.79 Å². The van der Waals surface area contributed by atoms with E-state index in [1.165, 1.54) is 7.11 Å². The van der Waals surface area contributed by atoms with Crippen molar-refractivity contribution >= 4 is 27.9 Å². The molecule has 0 saturated heterocycles. The maximum Gasteiger partial charge on any atom is 0.406 e. The zero-order chi connectivity index (χ0) is 12.7. The van der Waals surface area contributed by atoms with E-state index >= 15 is 0 Å². The van der Waals surface area contributed by atoms with Gasteiger partial charge in [-0.3, -0.25) is 4.79 Å². The lowest BCUT2D eigenvalue weighted by Crippen LogP contribution is -2.34. The van der Waals surface area contributed by atoms with E-state index < -0.39 is 6.09 Å². The number of nitrogens with one attached hydrogen (secondary N) is 2. The molecular weight excluding hydrogens is 288 g/mol. The van der Waals surface area contributed by atoms with Crippen molar-refractivity contribution in [1.82, 2.24) is 10.6 Å². The maximum atomic E-state index is 11.6. The van der Waals surface area contributed by atoms with E-state index in [1.807, 2.05) is 0 Å². The molecule has 2 amide bonds. The molecule has 0 aromatic heterocycles. The number of carbonyl (C=O) groups is 2. The van der Waals surface area contributed by atoms with E-state index in [4.69, 9.17) is 0 Å². The van der Waals surface area contributed by atoms with Crippen molar-refractivity contribution in [2.24, 2.45) is 0 Å². The molecule has 0 aliphatic rings. The van der Waals surface area contributed by atoms with Crippen LogP contribution in [0.5, 0.6) is 0 Å². The van der Waals surface area contributed by atoms with Crippen molar-refractivity contribution in [3.63, 3.8) is 0 Å². The molecule has 0 saturated carbocycles. The number of methoxy groups -OCH3 is 1. The summed E-state index contributed by atoms with van der Waals surface area (Å²) >= 11 is 3.29. The highest BCUT2D eigenvalue weighted by Gasteiger charge is 2.04. The Labute approximate surface area is 108 Å². The molecule has 17 heavy (non-hydrogen) atoms. The molecule has 6 heteroatoms. The second-order valence-corrected chi connectivity index (χ2v) is 4.10. The topological polar surface area (TPSA) is 67.4 Å². The van der Waals surface area contributed by atoms with Crippen molar-refractivity contribution < 1.29 is 14.3 Å². The summed E-state index contributed by atoms with van der Waals surface area (Å²) in [5.41, 5.74) is 0.575. The fourth-order valence-electron chi connectivity index (χ4n) is 1.12. The lowest BCUT2D eigenvalue weighted by molar-refractivity contribution is 0.0953. The molecule has 0 atom stereocenters. The summed E-state index contributed by atoms with van der Waals surface area (Å²) in [5, 5.41) is 5.14. The molecule has 0 spiro atoms. The van der Waals surface area contributed by atoms with Crippen molar-refractivity contribution in [1.29, 1.82) is 0 Å². The number of ether oxygens (including phenoxy) is 1. The summed E-state index contributed by atoms with van der Waals surface area (Å²) in [6.07, 6.45) is -0.511. The summed E-state index contributed by atoms with van der Waals surface area (Å²) in [4.78, 5) is 22.3. The van der Waals surface area contributed by atoms with Gasteiger partial charge in [-0.05, 0) is 24.3 Å². The third-order valence-electron chi connectivity index (χ3n) is 1.97. The molecule has 0 aliphatic heterocycles. The summed E-state index contributed by atoms with van der Waals surface area (Å²) in [5.74, 6) is -0.177. The zero-order valence-electron chi connectivity index (χ0n) is 9.33. The van der Waals surface area contributed by atoms with Gasteiger partial charge in [-0.15, -0.1) is 0 Å². The molecule has 0 heterocycles. The first-order valence-corrected chi connectivity index (χ1v) is 5.78. The molecule has 0 bridgehead atoms. The van der Waals surface area contributed by atoms with Crippen LogP contribution in [-0.2, 0) is 4.74 Å². The van der Waals surface area contributed by atoms with Gasteiger partial charge in [0.05, 0.1) is 7.11 Å². The van der Waals surface area contributed by atoms with Gasteiger partial charge in [0, 0.05) is 23.1 Å². The second kappa shape index (κ2) is 6.90. The first-order chi connectivity index (χ1) is 8.13. The van der Waals surface area contributed by atoms with Gasteiger partial charge in [0.15, 0.2) is 0 Å². The number of hydrogen-bond donors (Lipinski definition) is 2. The van der Waals surface area contributed by atoms with Crippen LogP contribution in [0, 0.1) is 0 Å². The minimum Gasteiger partial charge on any atom is -0.453 e. The quantitative estimate of drug-likeness (QED) is 0.829. The van der Waals surface area contributed by atoms with E-state index in [-0.39, 0.29) is 5.91 Å². The van der Waals surface area contributed by atoms with Gasteiger partial charge in [0.2, 0.25) is 0 Å². The summed E-state index contributed by atoms with van der Waals surface area (Å²) in [6.45, 7) is 0.680. The van der Waals surface area contributed by atoms with E-state index in [9.17, 15) is 9.59 Å². The summed E-state index contributed by atoms with van der Waals surface area (Å²) in [6, 6.07) is 7.02. The van der Waals surface area contributed by atoms with Gasteiger partial charge < -0.3 is 15.4 Å². The molecule has 0 radical (unpaired) electrons. The van der Waals surface area contributed by atoms with Gasteiger partial charge in [-0.1, -0.05) is 15.9 Å². The number of carbonyl (C=O) groups excluding carboxylic acids is 2. The second-order valence-electron chi connectivity index (χ2n) is 3.18. The molecule has 1 aromatic carbocycles. The fraction of sp³-hybridized carbons (Fsp3) is 0.273. The third-order valence-corrected chi connectivity index (χ3v) is 2.50. The standard InChI is InChI=1S/C11H13BrN2O3/c1-17-11(16)14-7-6-13-10(15)8-2-4-9(12)5-3-8/h2-5H,6-7H2,1H3,(H,13,15)(H,14,16). The minimum absolute atomic E-state index is 0.177. The van der Waals surface area contributed by atoms with E-state index in [2.05, 4.69) is 31.3 Å². The van der Waals surface area contributed by atoms with Crippen molar-refractivity contribution in [3.05, 3.63) is 34.3 Å². The number of amides is 2. The Balaban J connectivity index is 2.30. The van der Waals surface area contributed by atoms with Crippen molar-refractivity contribution in [2.75, 3.05) is 20.2 Å². The van der Waals surface area contributed by atoms with E-state index in [0.717, 1.165) is 4.47 Å². The third kappa shape index (κ3) is 4.86. The minimum atomic E-state index is -0.511. The number of hydrogen-bond acceptors (Lipinski definition) is 3. The van der Waals surface area contributed by atoms with Crippen LogP contribution in [0.3, 0.4) is 0 Å². The van der Waals surface area contributed by atoms with Gasteiger partial charge in [-0.2, -0.15) is 0 Å². The molecule has 0 aliphatic carbocycles. The first kappa shape index (κ1) is 13.5. The lowest BCUT2D eigenvalue weighted by Gasteiger charge is -2.06. The Kier molecular flexibility index (Phi) is 5.48. The number of halogens is 1. The van der Waals surface area contributed by atoms with Gasteiger partial charge >= 0.3 is 6.09 Å². The fourth-order valence-corrected chi connectivity index (χ4v) is 1.38. The van der Waals surface area contributed by atoms with Crippen LogP contribution in [0.4, 0.5) is 4.79 Å². The SMILES string of the molecule is COC(=O)NCCNC(=O)c1ccc(Br)cc1. The maximum absolute atomic E-state index is 11.6. The van der Waals surface area contributed by atoms with Crippen molar-refractivity contribution in [2.45, 2.75) is 0 Å². The number of alkyl carbamates (subject to hydrolysis) is 1. The van der Waals surface area contributed by atoms with E-state index in [0.29, 0.717) is 18.7 Å². The Morgan fingerprint density at radius 2 is 1.76 bits per heavy atom. The van der Waals surface area contributed by atoms with Crippen molar-refractivity contribution in [3.8, 4) is 0 Å². The zero-order valence-corrected chi connectivity index (χ0v) is 10.9. The molecule has 0 unspecified atom stereocenters. The average molecular weight is 301 g/mol. The Morgan fingerprint density at radius 1 is 1.18 bits per heavy atom. The highest BCUT2D eigenvalue weighted by atomic mass is 79.9. The molecule has 1 rings (SSSR count). The van der Waals surface area contributed by atoms with Gasteiger partial charge in [0.25, 0.3) is 5.91 Å². The van der Waals surface area contributed by atoms with Gasteiger partial charge in [0.1, 0.15) is 0 Å². The summed E-state index contributed by atoms with van der Waals surface area (Å²) in [7, 11) is 1.29. The molecule has 5 nitrogen and oxygen atoms in total. The lowest BCUT2D eigenvalue weighted by atomic mass is 10.2. The molecular formula is C11H13BrN2O3. The average Bonchev–Trinajstić information content (AvgIpc) is 2.34. The van der Waals surface area contributed by atoms with Crippen LogP contribution in [0.15, 0.2) is 28.7 Å². The Morgan fingerprint density at radius 3 is 2.35 bits per heavy atom. The molecule has 0 fully saturated rings. The monoisotopic (exact) mass is 300 g/mol.